The fourth-order valence-corrected chi connectivity index (χ4v) is 0.472. The minimum atomic E-state index is 0.377. The predicted molar refractivity (Wildman–Crippen MR) is 34.7 cm³/mol. The molecule has 0 aromatic carbocycles. The molecule has 0 aliphatic rings. The van der Waals surface area contributed by atoms with E-state index in [1.807, 2.05) is 0 Å². The second-order valence-electron chi connectivity index (χ2n) is 1.28. The monoisotopic (exact) mass is 138 g/mol. The van der Waals surface area contributed by atoms with Crippen LogP contribution in [0.2, 0.25) is 0 Å². The first-order valence-electron chi connectivity index (χ1n) is 2.28. The molecule has 0 amide bonds. The molecule has 0 bridgehead atoms. The zero-order valence-corrected chi connectivity index (χ0v) is 5.76. The molecule has 0 aliphatic carbocycles. The van der Waals surface area contributed by atoms with E-state index in [9.17, 15) is 0 Å². The molecule has 0 N–H and O–H groups in total. The molecule has 7 heavy (non-hydrogen) atoms. The lowest BCUT2D eigenvalue weighted by molar-refractivity contribution is 0.959. The third-order valence-electron chi connectivity index (χ3n) is 0.587. The molecule has 0 radical (unpaired) electrons. The molecule has 0 spiro atoms. The van der Waals surface area contributed by atoms with Crippen molar-refractivity contribution in [1.29, 1.82) is 0 Å². The maximum atomic E-state index is 5.28. The van der Waals surface area contributed by atoms with Crippen molar-refractivity contribution in [3.63, 3.8) is 0 Å². The van der Waals surface area contributed by atoms with E-state index in [1.54, 1.807) is 6.08 Å². The summed E-state index contributed by atoms with van der Waals surface area (Å²) in [6, 6.07) is 0. The smallest absolute Gasteiger partial charge is 0.0713 e. The first kappa shape index (κ1) is 7.32. The first-order chi connectivity index (χ1) is 3.27. The summed E-state index contributed by atoms with van der Waals surface area (Å²) in [4.78, 5) is 0. The van der Waals surface area contributed by atoms with Crippen molar-refractivity contribution in [1.82, 2.24) is 0 Å². The Hall–Kier alpha value is 0.320. The van der Waals surface area contributed by atoms with Gasteiger partial charge in [-0.15, -0.1) is 0 Å². The van der Waals surface area contributed by atoms with Gasteiger partial charge in [-0.1, -0.05) is 42.6 Å². The zero-order valence-electron chi connectivity index (χ0n) is 4.25. The normalized spacial score (nSPS) is 8.43. The number of hydrogen-bond donors (Lipinski definition) is 0. The summed E-state index contributed by atoms with van der Waals surface area (Å²) in [5.41, 5.74) is 0. The molecule has 2 heteroatoms. The Morgan fingerprint density at radius 1 is 1.57 bits per heavy atom. The predicted octanol–water partition coefficient (Wildman–Crippen LogP) is 3.11. The van der Waals surface area contributed by atoms with Gasteiger partial charge in [0, 0.05) is 0 Å². The summed E-state index contributed by atoms with van der Waals surface area (Å²) in [7, 11) is 0. The van der Waals surface area contributed by atoms with Gasteiger partial charge in [-0.2, -0.15) is 0 Å². The summed E-state index contributed by atoms with van der Waals surface area (Å²) < 4.78 is 0.377. The quantitative estimate of drug-likeness (QED) is 0.551. The van der Waals surface area contributed by atoms with Crippen molar-refractivity contribution in [3.8, 4) is 0 Å². The van der Waals surface area contributed by atoms with Crippen LogP contribution in [0, 0.1) is 0 Å². The lowest BCUT2D eigenvalue weighted by atomic mass is 10.3. The van der Waals surface area contributed by atoms with Crippen LogP contribution in [0.5, 0.6) is 0 Å². The van der Waals surface area contributed by atoms with E-state index >= 15 is 0 Å². The lowest BCUT2D eigenvalue weighted by Crippen LogP contribution is -1.58. The minimum absolute atomic E-state index is 0.377. The van der Waals surface area contributed by atoms with E-state index < -0.39 is 0 Å². The van der Waals surface area contributed by atoms with Crippen LogP contribution >= 0.6 is 23.2 Å². The van der Waals surface area contributed by atoms with Crippen LogP contribution < -0.4 is 0 Å². The average molecular weight is 139 g/mol. The van der Waals surface area contributed by atoms with E-state index in [-0.39, 0.29) is 0 Å². The van der Waals surface area contributed by atoms with Crippen molar-refractivity contribution in [2.24, 2.45) is 0 Å². The molecule has 0 aromatic heterocycles. The highest BCUT2D eigenvalue weighted by Crippen LogP contribution is 2.07. The summed E-state index contributed by atoms with van der Waals surface area (Å²) in [5, 5.41) is 0. The molecule has 0 nitrogen and oxygen atoms in total. The highest BCUT2D eigenvalue weighted by Gasteiger charge is 1.78. The second kappa shape index (κ2) is 4.48. The number of halogens is 2. The molecule has 42 valence electrons. The Kier molecular flexibility index (Phi) is 4.68. The van der Waals surface area contributed by atoms with Crippen molar-refractivity contribution < 1.29 is 0 Å². The SMILES string of the molecule is CCCC=C(Cl)Cl. The standard InChI is InChI=1S/C5H8Cl2/c1-2-3-4-5(6)7/h4H,2-3H2,1H3. The highest BCUT2D eigenvalue weighted by molar-refractivity contribution is 6.55. The van der Waals surface area contributed by atoms with Crippen LogP contribution in [-0.4, -0.2) is 0 Å². The van der Waals surface area contributed by atoms with Gasteiger partial charge >= 0.3 is 0 Å². The molecule has 0 rings (SSSR count). The molecule has 0 unspecified atom stereocenters. The topological polar surface area (TPSA) is 0 Å². The van der Waals surface area contributed by atoms with Gasteiger partial charge in [0.25, 0.3) is 0 Å². The van der Waals surface area contributed by atoms with Crippen molar-refractivity contribution in [2.75, 3.05) is 0 Å². The average Bonchev–Trinajstić information content (AvgIpc) is 1.61. The van der Waals surface area contributed by atoms with Crippen LogP contribution in [-0.2, 0) is 0 Å². The largest absolute Gasteiger partial charge is 0.102 e. The fraction of sp³-hybridized carbons (Fsp3) is 0.600. The van der Waals surface area contributed by atoms with Gasteiger partial charge in [0.05, 0.1) is 0 Å². The van der Waals surface area contributed by atoms with E-state index in [4.69, 9.17) is 23.2 Å². The highest BCUT2D eigenvalue weighted by atomic mass is 35.5. The van der Waals surface area contributed by atoms with Gasteiger partial charge < -0.3 is 0 Å². The van der Waals surface area contributed by atoms with Crippen LogP contribution in [0.3, 0.4) is 0 Å². The van der Waals surface area contributed by atoms with E-state index in [1.165, 1.54) is 0 Å². The molecule has 0 aromatic rings. The van der Waals surface area contributed by atoms with Gasteiger partial charge in [0.2, 0.25) is 0 Å². The minimum Gasteiger partial charge on any atom is -0.0713 e. The van der Waals surface area contributed by atoms with Gasteiger partial charge in [-0.3, -0.25) is 0 Å². The zero-order chi connectivity index (χ0) is 5.70. The third-order valence-corrected chi connectivity index (χ3v) is 0.896. The number of hydrogen-bond acceptors (Lipinski definition) is 0. The molecule has 0 saturated heterocycles. The molecule has 0 heterocycles. The Balaban J connectivity index is 3.08. The Morgan fingerprint density at radius 3 is 2.29 bits per heavy atom. The molecular weight excluding hydrogens is 131 g/mol. The maximum Gasteiger partial charge on any atom is 0.102 e. The summed E-state index contributed by atoms with van der Waals surface area (Å²) in [5.74, 6) is 0. The van der Waals surface area contributed by atoms with Crippen LogP contribution in [0.4, 0.5) is 0 Å². The number of unbranched alkanes of at least 4 members (excludes halogenated alkanes) is 1. The van der Waals surface area contributed by atoms with Crippen molar-refractivity contribution in [2.45, 2.75) is 19.8 Å². The van der Waals surface area contributed by atoms with Crippen molar-refractivity contribution >= 4 is 23.2 Å². The van der Waals surface area contributed by atoms with Crippen molar-refractivity contribution in [3.05, 3.63) is 10.6 Å². The number of rotatable bonds is 2. The lowest BCUT2D eigenvalue weighted by Gasteiger charge is -1.80. The van der Waals surface area contributed by atoms with Crippen LogP contribution in [0.25, 0.3) is 0 Å². The van der Waals surface area contributed by atoms with Gasteiger partial charge in [-0.05, 0) is 6.42 Å². The Labute approximate surface area is 54.1 Å². The summed E-state index contributed by atoms with van der Waals surface area (Å²) >= 11 is 10.6. The fourth-order valence-electron chi connectivity index (χ4n) is 0.253. The van der Waals surface area contributed by atoms with E-state index in [0.29, 0.717) is 4.49 Å². The summed E-state index contributed by atoms with van der Waals surface area (Å²) in [6.45, 7) is 2.08. The number of allylic oxidation sites excluding steroid dienone is 1. The molecular formula is C5H8Cl2. The first-order valence-corrected chi connectivity index (χ1v) is 3.04. The van der Waals surface area contributed by atoms with Gasteiger partial charge in [0.15, 0.2) is 0 Å². The van der Waals surface area contributed by atoms with E-state index in [0.717, 1.165) is 12.8 Å². The van der Waals surface area contributed by atoms with Gasteiger partial charge in [0.1, 0.15) is 4.49 Å². The Morgan fingerprint density at radius 2 is 2.14 bits per heavy atom. The maximum absolute atomic E-state index is 5.28. The molecule has 0 atom stereocenters. The summed E-state index contributed by atoms with van der Waals surface area (Å²) in [6.07, 6.45) is 3.87. The third kappa shape index (κ3) is 6.32. The molecule has 0 fully saturated rings. The van der Waals surface area contributed by atoms with E-state index in [2.05, 4.69) is 6.92 Å². The van der Waals surface area contributed by atoms with Crippen LogP contribution in [0.1, 0.15) is 19.8 Å². The van der Waals surface area contributed by atoms with Gasteiger partial charge in [-0.25, -0.2) is 0 Å². The Bertz CT molecular complexity index is 62.5. The van der Waals surface area contributed by atoms with Crippen LogP contribution in [0.15, 0.2) is 10.6 Å². The molecule has 0 aliphatic heterocycles. The second-order valence-corrected chi connectivity index (χ2v) is 2.29. The molecule has 0 saturated carbocycles.